The molecular formula is C10H9F2N3O. The number of carbonyl (C=O) groups is 1. The van der Waals surface area contributed by atoms with Crippen molar-refractivity contribution in [3.63, 3.8) is 0 Å². The molecule has 0 aliphatic rings. The van der Waals surface area contributed by atoms with Crippen LogP contribution < -0.4 is 10.6 Å². The fraction of sp³-hybridized carbons (Fsp3) is 0.200. The molecule has 16 heavy (non-hydrogen) atoms. The molecule has 0 saturated heterocycles. The van der Waals surface area contributed by atoms with Gasteiger partial charge in [-0.1, -0.05) is 6.07 Å². The lowest BCUT2D eigenvalue weighted by molar-refractivity contribution is -0.119. The number of nitriles is 1. The Hall–Kier alpha value is -2.16. The highest BCUT2D eigenvalue weighted by Gasteiger charge is 2.08. The van der Waals surface area contributed by atoms with Gasteiger partial charge in [0.2, 0.25) is 5.91 Å². The van der Waals surface area contributed by atoms with Gasteiger partial charge in [-0.05, 0) is 12.1 Å². The van der Waals surface area contributed by atoms with E-state index in [2.05, 4.69) is 10.6 Å². The third kappa shape index (κ3) is 3.20. The minimum atomic E-state index is -0.770. The summed E-state index contributed by atoms with van der Waals surface area (Å²) in [4.78, 5) is 11.0. The van der Waals surface area contributed by atoms with Gasteiger partial charge in [0.25, 0.3) is 0 Å². The van der Waals surface area contributed by atoms with Gasteiger partial charge in [0.1, 0.15) is 23.9 Å². The number of halogens is 2. The topological polar surface area (TPSA) is 64.9 Å². The molecule has 84 valence electrons. The number of carbonyl (C=O) groups excluding carboxylic acids is 1. The van der Waals surface area contributed by atoms with Crippen LogP contribution in [0, 0.1) is 23.0 Å². The second-order valence-corrected chi connectivity index (χ2v) is 2.89. The molecule has 0 aromatic heterocycles. The highest BCUT2D eigenvalue weighted by Crippen LogP contribution is 2.17. The molecule has 1 aromatic carbocycles. The first-order chi connectivity index (χ1) is 7.65. The van der Waals surface area contributed by atoms with Crippen molar-refractivity contribution in [2.24, 2.45) is 0 Å². The molecule has 0 unspecified atom stereocenters. The average molecular weight is 225 g/mol. The second-order valence-electron chi connectivity index (χ2n) is 2.89. The van der Waals surface area contributed by atoms with E-state index in [1.807, 2.05) is 0 Å². The molecular weight excluding hydrogens is 216 g/mol. The van der Waals surface area contributed by atoms with Gasteiger partial charge in [-0.15, -0.1) is 0 Å². The Morgan fingerprint density at radius 2 is 2.00 bits per heavy atom. The van der Waals surface area contributed by atoms with E-state index < -0.39 is 17.5 Å². The maximum atomic E-state index is 13.1. The zero-order valence-electron chi connectivity index (χ0n) is 8.26. The predicted molar refractivity (Wildman–Crippen MR) is 53.5 cm³/mol. The van der Waals surface area contributed by atoms with Crippen LogP contribution in [0.3, 0.4) is 0 Å². The molecule has 1 rings (SSSR count). The van der Waals surface area contributed by atoms with E-state index in [9.17, 15) is 13.6 Å². The lowest BCUT2D eigenvalue weighted by atomic mass is 10.3. The lowest BCUT2D eigenvalue weighted by Gasteiger charge is -2.07. The van der Waals surface area contributed by atoms with Gasteiger partial charge < -0.3 is 10.6 Å². The highest BCUT2D eigenvalue weighted by molar-refractivity contribution is 5.80. The summed E-state index contributed by atoms with van der Waals surface area (Å²) < 4.78 is 26.1. The van der Waals surface area contributed by atoms with Crippen molar-refractivity contribution in [2.45, 2.75) is 0 Å². The number of para-hydroxylation sites is 1. The smallest absolute Gasteiger partial charge is 0.240 e. The number of nitrogens with one attached hydrogen (secondary N) is 2. The van der Waals surface area contributed by atoms with Crippen LogP contribution in [0.4, 0.5) is 14.5 Å². The Morgan fingerprint density at radius 1 is 1.38 bits per heavy atom. The van der Waals surface area contributed by atoms with Crippen molar-refractivity contribution in [3.05, 3.63) is 29.8 Å². The number of rotatable bonds is 4. The zero-order chi connectivity index (χ0) is 12.0. The van der Waals surface area contributed by atoms with Gasteiger partial charge in [-0.3, -0.25) is 4.79 Å². The first-order valence-electron chi connectivity index (χ1n) is 4.46. The molecule has 0 aliphatic carbocycles. The number of amides is 1. The maximum Gasteiger partial charge on any atom is 0.240 e. The van der Waals surface area contributed by atoms with Crippen molar-refractivity contribution >= 4 is 11.6 Å². The van der Waals surface area contributed by atoms with Crippen LogP contribution in [0.1, 0.15) is 0 Å². The Balaban J connectivity index is 2.55. The zero-order valence-corrected chi connectivity index (χ0v) is 8.26. The van der Waals surface area contributed by atoms with Crippen molar-refractivity contribution in [1.29, 1.82) is 5.26 Å². The maximum absolute atomic E-state index is 13.1. The Bertz CT molecular complexity index is 408. The summed E-state index contributed by atoms with van der Waals surface area (Å²) in [5.41, 5.74) is -0.352. The second kappa shape index (κ2) is 5.66. The van der Waals surface area contributed by atoms with Crippen LogP contribution >= 0.6 is 0 Å². The van der Waals surface area contributed by atoms with Gasteiger partial charge in [-0.2, -0.15) is 5.26 Å². The Kier molecular flexibility index (Phi) is 4.21. The molecule has 0 fully saturated rings. The molecule has 2 N–H and O–H groups in total. The number of anilines is 1. The molecule has 0 saturated carbocycles. The lowest BCUT2D eigenvalue weighted by Crippen LogP contribution is -2.30. The fourth-order valence-corrected chi connectivity index (χ4v) is 1.04. The first-order valence-corrected chi connectivity index (χ1v) is 4.46. The highest BCUT2D eigenvalue weighted by atomic mass is 19.1. The summed E-state index contributed by atoms with van der Waals surface area (Å²) in [6.07, 6.45) is 0. The summed E-state index contributed by atoms with van der Waals surface area (Å²) in [7, 11) is 0. The minimum absolute atomic E-state index is 0.139. The first kappa shape index (κ1) is 11.9. The van der Waals surface area contributed by atoms with Crippen LogP contribution in [-0.4, -0.2) is 19.0 Å². The molecule has 0 radical (unpaired) electrons. The van der Waals surface area contributed by atoms with Crippen molar-refractivity contribution < 1.29 is 13.6 Å². The SMILES string of the molecule is N#CCNC(=O)CNc1c(F)cccc1F. The predicted octanol–water partition coefficient (Wildman–Crippen LogP) is 1.02. The summed E-state index contributed by atoms with van der Waals surface area (Å²) >= 11 is 0. The molecule has 1 amide bonds. The number of benzene rings is 1. The van der Waals surface area contributed by atoms with Gasteiger partial charge in [-0.25, -0.2) is 8.78 Å². The van der Waals surface area contributed by atoms with Gasteiger partial charge in [0.15, 0.2) is 0 Å². The van der Waals surface area contributed by atoms with E-state index in [4.69, 9.17) is 5.26 Å². The van der Waals surface area contributed by atoms with Crippen LogP contribution in [0.2, 0.25) is 0 Å². The monoisotopic (exact) mass is 225 g/mol. The summed E-state index contributed by atoms with van der Waals surface area (Å²) in [6.45, 7) is -0.431. The molecule has 0 bridgehead atoms. The summed E-state index contributed by atoms with van der Waals surface area (Å²) in [5.74, 6) is -2.05. The van der Waals surface area contributed by atoms with E-state index in [-0.39, 0.29) is 18.8 Å². The molecule has 0 spiro atoms. The van der Waals surface area contributed by atoms with E-state index in [0.29, 0.717) is 0 Å². The van der Waals surface area contributed by atoms with Crippen LogP contribution in [0.25, 0.3) is 0 Å². The number of hydrogen-bond donors (Lipinski definition) is 2. The normalized spacial score (nSPS) is 9.31. The number of nitrogens with zero attached hydrogens (tertiary/aromatic N) is 1. The van der Waals surface area contributed by atoms with Crippen molar-refractivity contribution in [1.82, 2.24) is 5.32 Å². The van der Waals surface area contributed by atoms with Crippen LogP contribution in [0.15, 0.2) is 18.2 Å². The molecule has 0 atom stereocenters. The third-order valence-electron chi connectivity index (χ3n) is 1.75. The molecule has 1 aromatic rings. The third-order valence-corrected chi connectivity index (χ3v) is 1.75. The van der Waals surface area contributed by atoms with E-state index in [1.54, 1.807) is 6.07 Å². The van der Waals surface area contributed by atoms with Crippen LogP contribution in [0.5, 0.6) is 0 Å². The largest absolute Gasteiger partial charge is 0.371 e. The van der Waals surface area contributed by atoms with E-state index in [0.717, 1.165) is 12.1 Å². The van der Waals surface area contributed by atoms with Gasteiger partial charge in [0.05, 0.1) is 12.6 Å². The molecule has 6 heteroatoms. The Morgan fingerprint density at radius 3 is 2.56 bits per heavy atom. The molecule has 0 aliphatic heterocycles. The fourth-order valence-electron chi connectivity index (χ4n) is 1.04. The summed E-state index contributed by atoms with van der Waals surface area (Å²) in [5, 5.41) is 12.7. The van der Waals surface area contributed by atoms with Gasteiger partial charge in [0, 0.05) is 0 Å². The number of hydrogen-bond acceptors (Lipinski definition) is 3. The van der Waals surface area contributed by atoms with Crippen LogP contribution in [-0.2, 0) is 4.79 Å². The molecule has 4 nitrogen and oxygen atoms in total. The van der Waals surface area contributed by atoms with Crippen molar-refractivity contribution in [3.8, 4) is 6.07 Å². The van der Waals surface area contributed by atoms with Crippen molar-refractivity contribution in [2.75, 3.05) is 18.4 Å². The minimum Gasteiger partial charge on any atom is -0.371 e. The van der Waals surface area contributed by atoms with E-state index >= 15 is 0 Å². The molecule has 0 heterocycles. The Labute approximate surface area is 90.9 Å². The van der Waals surface area contributed by atoms with Gasteiger partial charge >= 0.3 is 0 Å². The summed E-state index contributed by atoms with van der Waals surface area (Å²) in [6, 6.07) is 5.10. The quantitative estimate of drug-likeness (QED) is 0.752. The standard InChI is InChI=1S/C10H9F2N3O/c11-7-2-1-3-8(12)10(7)15-6-9(16)14-5-4-13/h1-3,15H,5-6H2,(H,14,16). The average Bonchev–Trinajstić information content (AvgIpc) is 2.25. The van der Waals surface area contributed by atoms with E-state index in [1.165, 1.54) is 6.07 Å².